The van der Waals surface area contributed by atoms with Gasteiger partial charge in [-0.15, -0.1) is 0 Å². The lowest BCUT2D eigenvalue weighted by atomic mass is 9.95. The summed E-state index contributed by atoms with van der Waals surface area (Å²) in [5.41, 5.74) is 2.65. The Morgan fingerprint density at radius 1 is 1.23 bits per heavy atom. The van der Waals surface area contributed by atoms with Crippen LogP contribution in [0, 0.1) is 5.92 Å². The van der Waals surface area contributed by atoms with Crippen LogP contribution in [-0.4, -0.2) is 30.0 Å². The van der Waals surface area contributed by atoms with Crippen LogP contribution in [0.4, 0.5) is 0 Å². The number of nitrogens with zero attached hydrogens (tertiary/aromatic N) is 1. The monoisotopic (exact) mass is 295 g/mol. The summed E-state index contributed by atoms with van der Waals surface area (Å²) < 4.78 is 0. The molecule has 2 unspecified atom stereocenters. The Morgan fingerprint density at radius 2 is 2.05 bits per heavy atom. The predicted octanol–water partition coefficient (Wildman–Crippen LogP) is 2.48. The average molecular weight is 295 g/mol. The third-order valence-corrected chi connectivity index (χ3v) is 4.21. The second-order valence-corrected chi connectivity index (χ2v) is 5.88. The number of benzene rings is 1. The molecular formula is C18H21N3O. The Morgan fingerprint density at radius 3 is 2.82 bits per heavy atom. The van der Waals surface area contributed by atoms with Gasteiger partial charge in [0.2, 0.25) is 0 Å². The minimum atomic E-state index is -0.0379. The first-order chi connectivity index (χ1) is 10.7. The molecule has 1 fully saturated rings. The molecular weight excluding hydrogens is 274 g/mol. The molecule has 0 bridgehead atoms. The van der Waals surface area contributed by atoms with Gasteiger partial charge in [0.15, 0.2) is 0 Å². The van der Waals surface area contributed by atoms with Crippen LogP contribution in [-0.2, 0) is 0 Å². The molecule has 2 aromatic rings. The molecule has 4 nitrogen and oxygen atoms in total. The van der Waals surface area contributed by atoms with Crippen LogP contribution in [0.15, 0.2) is 48.8 Å². The number of pyridine rings is 1. The summed E-state index contributed by atoms with van der Waals surface area (Å²) in [6.07, 6.45) is 4.39. The molecule has 1 aliphatic rings. The highest BCUT2D eigenvalue weighted by molar-refractivity contribution is 5.95. The van der Waals surface area contributed by atoms with Gasteiger partial charge >= 0.3 is 0 Å². The van der Waals surface area contributed by atoms with Gasteiger partial charge in [-0.1, -0.05) is 37.3 Å². The number of hydrogen-bond acceptors (Lipinski definition) is 3. The van der Waals surface area contributed by atoms with Crippen molar-refractivity contribution in [2.45, 2.75) is 19.4 Å². The first-order valence-electron chi connectivity index (χ1n) is 7.76. The van der Waals surface area contributed by atoms with Crippen LogP contribution >= 0.6 is 0 Å². The predicted molar refractivity (Wildman–Crippen MR) is 87.6 cm³/mol. The molecule has 3 rings (SSSR count). The number of carbonyl (C=O) groups excluding carboxylic acids is 1. The third-order valence-electron chi connectivity index (χ3n) is 4.21. The highest BCUT2D eigenvalue weighted by atomic mass is 16.1. The SMILES string of the molecule is CC1CNCCC1NC(=O)c1cncc(-c2ccccc2)c1. The number of nitrogens with one attached hydrogen (secondary N) is 2. The Balaban J connectivity index is 1.75. The van der Waals surface area contributed by atoms with Gasteiger partial charge in [-0.25, -0.2) is 0 Å². The van der Waals surface area contributed by atoms with Gasteiger partial charge in [0, 0.05) is 24.0 Å². The molecule has 1 saturated heterocycles. The zero-order valence-corrected chi connectivity index (χ0v) is 12.8. The van der Waals surface area contributed by atoms with E-state index in [4.69, 9.17) is 0 Å². The summed E-state index contributed by atoms with van der Waals surface area (Å²) in [7, 11) is 0. The van der Waals surface area contributed by atoms with Gasteiger partial charge in [-0.2, -0.15) is 0 Å². The van der Waals surface area contributed by atoms with E-state index in [1.54, 1.807) is 12.4 Å². The fourth-order valence-electron chi connectivity index (χ4n) is 2.83. The smallest absolute Gasteiger partial charge is 0.253 e. The van der Waals surface area contributed by atoms with Gasteiger partial charge in [0.25, 0.3) is 5.91 Å². The maximum atomic E-state index is 12.5. The van der Waals surface area contributed by atoms with Crippen LogP contribution in [0.1, 0.15) is 23.7 Å². The van der Waals surface area contributed by atoms with Gasteiger partial charge in [0.1, 0.15) is 0 Å². The standard InChI is InChI=1S/C18H21N3O/c1-13-10-19-8-7-17(13)21-18(22)16-9-15(11-20-12-16)14-5-3-2-4-6-14/h2-6,9,11-13,17,19H,7-8,10H2,1H3,(H,21,22). The number of piperidine rings is 1. The molecule has 0 radical (unpaired) electrons. The molecule has 0 spiro atoms. The van der Waals surface area contributed by atoms with E-state index in [9.17, 15) is 4.79 Å². The van der Waals surface area contributed by atoms with Crippen molar-refractivity contribution in [3.05, 3.63) is 54.4 Å². The van der Waals surface area contributed by atoms with Gasteiger partial charge in [-0.3, -0.25) is 9.78 Å². The Labute approximate surface area is 131 Å². The highest BCUT2D eigenvalue weighted by Gasteiger charge is 2.23. The van der Waals surface area contributed by atoms with Crippen molar-refractivity contribution in [1.82, 2.24) is 15.6 Å². The van der Waals surface area contributed by atoms with E-state index in [-0.39, 0.29) is 11.9 Å². The summed E-state index contributed by atoms with van der Waals surface area (Å²) >= 11 is 0. The summed E-state index contributed by atoms with van der Waals surface area (Å²) in [4.78, 5) is 16.7. The van der Waals surface area contributed by atoms with E-state index < -0.39 is 0 Å². The summed E-state index contributed by atoms with van der Waals surface area (Å²) in [5, 5.41) is 6.49. The van der Waals surface area contributed by atoms with Crippen LogP contribution in [0.25, 0.3) is 11.1 Å². The largest absolute Gasteiger partial charge is 0.349 e. The Kier molecular flexibility index (Phi) is 4.49. The quantitative estimate of drug-likeness (QED) is 0.914. The topological polar surface area (TPSA) is 54.0 Å². The summed E-state index contributed by atoms with van der Waals surface area (Å²) in [6.45, 7) is 4.07. The molecule has 2 N–H and O–H groups in total. The Hall–Kier alpha value is -2.20. The molecule has 114 valence electrons. The highest BCUT2D eigenvalue weighted by Crippen LogP contribution is 2.19. The maximum absolute atomic E-state index is 12.5. The molecule has 1 aromatic carbocycles. The first kappa shape index (κ1) is 14.7. The molecule has 0 saturated carbocycles. The number of aromatic nitrogens is 1. The second kappa shape index (κ2) is 6.71. The van der Waals surface area contributed by atoms with Crippen molar-refractivity contribution in [2.24, 2.45) is 5.92 Å². The molecule has 0 aliphatic carbocycles. The fraction of sp³-hybridized carbons (Fsp3) is 0.333. The van der Waals surface area contributed by atoms with Crippen LogP contribution < -0.4 is 10.6 Å². The zero-order chi connectivity index (χ0) is 15.4. The molecule has 4 heteroatoms. The number of carbonyl (C=O) groups is 1. The minimum Gasteiger partial charge on any atom is -0.349 e. The van der Waals surface area contributed by atoms with E-state index >= 15 is 0 Å². The fourth-order valence-corrected chi connectivity index (χ4v) is 2.83. The lowest BCUT2D eigenvalue weighted by molar-refractivity contribution is 0.0914. The second-order valence-electron chi connectivity index (χ2n) is 5.88. The normalized spacial score (nSPS) is 21.3. The number of amides is 1. The summed E-state index contributed by atoms with van der Waals surface area (Å²) in [6, 6.07) is 12.1. The molecule has 2 heterocycles. The third kappa shape index (κ3) is 3.34. The van der Waals surface area contributed by atoms with Gasteiger partial charge in [0.05, 0.1) is 5.56 Å². The summed E-state index contributed by atoms with van der Waals surface area (Å²) in [5.74, 6) is 0.409. The van der Waals surface area contributed by atoms with Crippen molar-refractivity contribution in [3.8, 4) is 11.1 Å². The lowest BCUT2D eigenvalue weighted by Gasteiger charge is -2.30. The number of rotatable bonds is 3. The van der Waals surface area contributed by atoms with E-state index in [2.05, 4.69) is 22.5 Å². The van der Waals surface area contributed by atoms with Gasteiger partial charge < -0.3 is 10.6 Å². The average Bonchev–Trinajstić information content (AvgIpc) is 2.58. The van der Waals surface area contributed by atoms with Crippen LogP contribution in [0.5, 0.6) is 0 Å². The van der Waals surface area contributed by atoms with Gasteiger partial charge in [-0.05, 0) is 37.1 Å². The zero-order valence-electron chi connectivity index (χ0n) is 12.8. The van der Waals surface area contributed by atoms with Crippen LogP contribution in [0.3, 0.4) is 0 Å². The first-order valence-corrected chi connectivity index (χ1v) is 7.76. The van der Waals surface area contributed by atoms with Crippen molar-refractivity contribution in [2.75, 3.05) is 13.1 Å². The van der Waals surface area contributed by atoms with E-state index in [0.29, 0.717) is 11.5 Å². The van der Waals surface area contributed by atoms with E-state index in [1.807, 2.05) is 36.4 Å². The molecule has 1 aromatic heterocycles. The Bertz CT molecular complexity index is 642. The van der Waals surface area contributed by atoms with E-state index in [0.717, 1.165) is 30.6 Å². The van der Waals surface area contributed by atoms with Crippen molar-refractivity contribution < 1.29 is 4.79 Å². The molecule has 1 aliphatic heterocycles. The molecule has 22 heavy (non-hydrogen) atoms. The van der Waals surface area contributed by atoms with Crippen molar-refractivity contribution in [3.63, 3.8) is 0 Å². The van der Waals surface area contributed by atoms with Crippen LogP contribution in [0.2, 0.25) is 0 Å². The van der Waals surface area contributed by atoms with Crippen molar-refractivity contribution in [1.29, 1.82) is 0 Å². The van der Waals surface area contributed by atoms with E-state index in [1.165, 1.54) is 0 Å². The molecule has 1 amide bonds. The molecule has 2 atom stereocenters. The lowest BCUT2D eigenvalue weighted by Crippen LogP contribution is -2.48. The van der Waals surface area contributed by atoms with Crippen molar-refractivity contribution >= 4 is 5.91 Å². The minimum absolute atomic E-state index is 0.0379. The number of hydrogen-bond donors (Lipinski definition) is 2. The maximum Gasteiger partial charge on any atom is 0.253 e.